The van der Waals surface area contributed by atoms with Crippen molar-refractivity contribution in [3.63, 3.8) is 0 Å². The van der Waals surface area contributed by atoms with E-state index >= 15 is 0 Å². The molecule has 1 aromatic carbocycles. The average Bonchev–Trinajstić information content (AvgIpc) is 3.07. The maximum Gasteiger partial charge on any atom is 0.417 e. The summed E-state index contributed by atoms with van der Waals surface area (Å²) >= 11 is 0. The van der Waals surface area contributed by atoms with Crippen molar-refractivity contribution >= 4 is 12.0 Å². The maximum atomic E-state index is 11.9. The van der Waals surface area contributed by atoms with Crippen LogP contribution in [-0.2, 0) is 4.74 Å². The molecule has 0 spiro atoms. The van der Waals surface area contributed by atoms with Gasteiger partial charge in [-0.25, -0.2) is 9.69 Å². The van der Waals surface area contributed by atoms with Gasteiger partial charge in [0.25, 0.3) is 5.95 Å². The number of hydrogen-bond acceptors (Lipinski definition) is 4. The molecule has 1 saturated heterocycles. The summed E-state index contributed by atoms with van der Waals surface area (Å²) in [6.45, 7) is 2.70. The highest BCUT2D eigenvalue weighted by atomic mass is 16.6. The Bertz CT molecular complexity index is 593. The van der Waals surface area contributed by atoms with Gasteiger partial charge in [-0.3, -0.25) is 0 Å². The number of hydrogen-bond donors (Lipinski definition) is 0. The fourth-order valence-electron chi connectivity index (χ4n) is 2.25. The van der Waals surface area contributed by atoms with Gasteiger partial charge in [-0.2, -0.15) is 0 Å². The molecule has 20 heavy (non-hydrogen) atoms. The van der Waals surface area contributed by atoms with E-state index < -0.39 is 6.09 Å². The van der Waals surface area contributed by atoms with Gasteiger partial charge in [0.05, 0.1) is 6.61 Å². The first-order chi connectivity index (χ1) is 9.79. The van der Waals surface area contributed by atoms with Gasteiger partial charge in [0.2, 0.25) is 5.88 Å². The lowest BCUT2D eigenvalue weighted by Crippen LogP contribution is -2.26. The van der Waals surface area contributed by atoms with E-state index in [1.165, 1.54) is 4.90 Å². The van der Waals surface area contributed by atoms with Gasteiger partial charge in [-0.05, 0) is 12.5 Å². The highest BCUT2D eigenvalue weighted by Gasteiger charge is 2.37. The third-order valence-electron chi connectivity index (χ3n) is 3.15. The van der Waals surface area contributed by atoms with E-state index in [1.54, 1.807) is 12.1 Å². The molecule has 0 N–H and O–H groups in total. The van der Waals surface area contributed by atoms with E-state index in [4.69, 9.17) is 13.9 Å². The Morgan fingerprint density at radius 3 is 2.80 bits per heavy atom. The molecule has 1 atom stereocenters. The van der Waals surface area contributed by atoms with Crippen molar-refractivity contribution < 1.29 is 18.7 Å². The van der Waals surface area contributed by atoms with Crippen molar-refractivity contribution in [2.45, 2.75) is 13.0 Å². The molecule has 0 saturated carbocycles. The molecule has 2 heterocycles. The topological polar surface area (TPSA) is 51.9 Å². The Balaban J connectivity index is 1.90. The van der Waals surface area contributed by atoms with Crippen LogP contribution in [0.2, 0.25) is 0 Å². The van der Waals surface area contributed by atoms with Gasteiger partial charge < -0.3 is 13.9 Å². The fraction of sp³-hybridized carbons (Fsp3) is 0.267. The van der Waals surface area contributed by atoms with Crippen LogP contribution in [0.4, 0.5) is 10.7 Å². The lowest BCUT2D eigenvalue weighted by atomic mass is 10.1. The molecule has 1 aliphatic rings. The van der Waals surface area contributed by atoms with Gasteiger partial charge >= 0.3 is 6.09 Å². The summed E-state index contributed by atoms with van der Waals surface area (Å²) in [4.78, 5) is 13.4. The molecule has 1 aliphatic heterocycles. The van der Waals surface area contributed by atoms with E-state index in [2.05, 4.69) is 0 Å². The quantitative estimate of drug-likeness (QED) is 0.857. The standard InChI is InChI=1S/C15H15NO4/c1-2-18-14-9-8-13(20-14)16-12(10-19-15(16)17)11-6-4-3-5-7-11/h3-9,12H,2,10H2,1H3/t12-/m0/s1. The summed E-state index contributed by atoms with van der Waals surface area (Å²) < 4.78 is 16.0. The molecule has 0 aliphatic carbocycles. The summed E-state index contributed by atoms with van der Waals surface area (Å²) in [5, 5.41) is 0. The number of amides is 1. The van der Waals surface area contributed by atoms with Crippen LogP contribution < -0.4 is 9.64 Å². The highest BCUT2D eigenvalue weighted by molar-refractivity contribution is 5.89. The van der Waals surface area contributed by atoms with Crippen LogP contribution in [0.5, 0.6) is 5.95 Å². The SMILES string of the molecule is CCOc1ccc(N2C(=O)OC[C@H]2c2ccccc2)o1. The van der Waals surface area contributed by atoms with Gasteiger partial charge in [0.1, 0.15) is 12.6 Å². The predicted octanol–water partition coefficient (Wildman–Crippen LogP) is 3.38. The Labute approximate surface area is 116 Å². The summed E-state index contributed by atoms with van der Waals surface area (Å²) in [6, 6.07) is 13.0. The van der Waals surface area contributed by atoms with Crippen molar-refractivity contribution in [3.8, 4) is 5.95 Å². The Morgan fingerprint density at radius 2 is 2.05 bits per heavy atom. The lowest BCUT2D eigenvalue weighted by Gasteiger charge is -2.18. The van der Waals surface area contributed by atoms with Crippen LogP contribution in [0.3, 0.4) is 0 Å². The summed E-state index contributed by atoms with van der Waals surface area (Å²) in [7, 11) is 0. The minimum Gasteiger partial charge on any atom is -0.465 e. The van der Waals surface area contributed by atoms with Crippen LogP contribution >= 0.6 is 0 Å². The minimum absolute atomic E-state index is 0.177. The van der Waals surface area contributed by atoms with E-state index in [0.717, 1.165) is 5.56 Å². The first kappa shape index (κ1) is 12.6. The largest absolute Gasteiger partial charge is 0.465 e. The van der Waals surface area contributed by atoms with Crippen LogP contribution in [0.25, 0.3) is 0 Å². The number of nitrogens with zero attached hydrogens (tertiary/aromatic N) is 1. The second kappa shape index (κ2) is 5.28. The molecule has 5 heteroatoms. The first-order valence-corrected chi connectivity index (χ1v) is 6.53. The number of carbonyl (C=O) groups is 1. The van der Waals surface area contributed by atoms with Crippen molar-refractivity contribution in [1.29, 1.82) is 0 Å². The first-order valence-electron chi connectivity index (χ1n) is 6.53. The van der Waals surface area contributed by atoms with E-state index in [9.17, 15) is 4.79 Å². The second-order valence-corrected chi connectivity index (χ2v) is 4.40. The highest BCUT2D eigenvalue weighted by Crippen LogP contribution is 2.35. The minimum atomic E-state index is -0.406. The zero-order chi connectivity index (χ0) is 13.9. The zero-order valence-corrected chi connectivity index (χ0v) is 11.1. The van der Waals surface area contributed by atoms with Gasteiger partial charge in [-0.1, -0.05) is 30.3 Å². The monoisotopic (exact) mass is 273 g/mol. The van der Waals surface area contributed by atoms with Crippen molar-refractivity contribution in [1.82, 2.24) is 0 Å². The number of benzene rings is 1. The fourth-order valence-corrected chi connectivity index (χ4v) is 2.25. The molecule has 1 aromatic heterocycles. The summed E-state index contributed by atoms with van der Waals surface area (Å²) in [6.07, 6.45) is -0.406. The van der Waals surface area contributed by atoms with Crippen LogP contribution in [0.1, 0.15) is 18.5 Å². The summed E-state index contributed by atoms with van der Waals surface area (Å²) in [5.41, 5.74) is 1.01. The molecule has 3 rings (SSSR count). The number of rotatable bonds is 4. The molecule has 0 radical (unpaired) electrons. The molecule has 1 amide bonds. The molecular formula is C15H15NO4. The number of furan rings is 1. The van der Waals surface area contributed by atoms with Gasteiger partial charge in [0.15, 0.2) is 0 Å². The van der Waals surface area contributed by atoms with Crippen LogP contribution in [0.15, 0.2) is 46.9 Å². The second-order valence-electron chi connectivity index (χ2n) is 4.40. The lowest BCUT2D eigenvalue weighted by molar-refractivity contribution is 0.178. The molecule has 0 unspecified atom stereocenters. The summed E-state index contributed by atoms with van der Waals surface area (Å²) in [5.74, 6) is 0.832. The zero-order valence-electron chi connectivity index (χ0n) is 11.1. The van der Waals surface area contributed by atoms with E-state index in [1.807, 2.05) is 37.3 Å². The van der Waals surface area contributed by atoms with Crippen LogP contribution in [0, 0.1) is 0 Å². The van der Waals surface area contributed by atoms with Crippen LogP contribution in [-0.4, -0.2) is 19.3 Å². The van der Waals surface area contributed by atoms with E-state index in [0.29, 0.717) is 25.0 Å². The predicted molar refractivity (Wildman–Crippen MR) is 72.9 cm³/mol. The molecular weight excluding hydrogens is 258 g/mol. The maximum absolute atomic E-state index is 11.9. The van der Waals surface area contributed by atoms with Gasteiger partial charge in [0, 0.05) is 12.1 Å². The molecule has 2 aromatic rings. The molecule has 1 fully saturated rings. The van der Waals surface area contributed by atoms with Crippen molar-refractivity contribution in [3.05, 3.63) is 48.0 Å². The number of ether oxygens (including phenoxy) is 2. The Kier molecular flexibility index (Phi) is 3.33. The van der Waals surface area contributed by atoms with Crippen molar-refractivity contribution in [2.75, 3.05) is 18.1 Å². The third kappa shape index (κ3) is 2.22. The van der Waals surface area contributed by atoms with Gasteiger partial charge in [-0.15, -0.1) is 0 Å². The Morgan fingerprint density at radius 1 is 1.25 bits per heavy atom. The molecule has 0 bridgehead atoms. The van der Waals surface area contributed by atoms with E-state index in [-0.39, 0.29) is 6.04 Å². The number of carbonyl (C=O) groups excluding carboxylic acids is 1. The molecule has 5 nitrogen and oxygen atoms in total. The molecule has 104 valence electrons. The van der Waals surface area contributed by atoms with Crippen molar-refractivity contribution in [2.24, 2.45) is 0 Å². The third-order valence-corrected chi connectivity index (χ3v) is 3.15. The Hall–Kier alpha value is -2.43. The normalized spacial score (nSPS) is 18.1. The number of cyclic esters (lactones) is 1. The smallest absolute Gasteiger partial charge is 0.417 e. The average molecular weight is 273 g/mol. The number of anilines is 1.